The molecular formula is C20H16N2O3. The molecule has 0 spiro atoms. The summed E-state index contributed by atoms with van der Waals surface area (Å²) >= 11 is 0. The predicted molar refractivity (Wildman–Crippen MR) is 96.5 cm³/mol. The Morgan fingerprint density at radius 1 is 1.04 bits per heavy atom. The van der Waals surface area contributed by atoms with Gasteiger partial charge in [0.2, 0.25) is 0 Å². The number of esters is 1. The summed E-state index contributed by atoms with van der Waals surface area (Å²) in [6.07, 6.45) is 3.57. The number of carbonyl (C=O) groups excluding carboxylic acids is 1. The van der Waals surface area contributed by atoms with Crippen molar-refractivity contribution in [2.75, 3.05) is 14.2 Å². The van der Waals surface area contributed by atoms with E-state index in [2.05, 4.69) is 4.98 Å². The third kappa shape index (κ3) is 2.41. The summed E-state index contributed by atoms with van der Waals surface area (Å²) < 4.78 is 12.3. The number of nitrogens with zero attached hydrogens (tertiary/aromatic N) is 2. The fourth-order valence-electron chi connectivity index (χ4n) is 3.10. The van der Waals surface area contributed by atoms with Gasteiger partial charge in [-0.3, -0.25) is 4.98 Å². The van der Waals surface area contributed by atoms with Crippen LogP contribution in [0.25, 0.3) is 27.5 Å². The number of hydrogen-bond donors (Lipinski definition) is 0. The van der Waals surface area contributed by atoms with Gasteiger partial charge in [-0.25, -0.2) is 4.79 Å². The highest BCUT2D eigenvalue weighted by atomic mass is 16.5. The fraction of sp³-hybridized carbons (Fsp3) is 0.100. The number of ether oxygens (including phenoxy) is 2. The van der Waals surface area contributed by atoms with Gasteiger partial charge in [0.15, 0.2) is 0 Å². The topological polar surface area (TPSA) is 53.4 Å². The number of hydrogen-bond acceptors (Lipinski definition) is 4. The van der Waals surface area contributed by atoms with Crippen LogP contribution in [0.5, 0.6) is 5.75 Å². The number of benzene rings is 2. The number of rotatable bonds is 3. The molecule has 0 fully saturated rings. The zero-order chi connectivity index (χ0) is 17.4. The molecule has 4 rings (SSSR count). The molecule has 0 aliphatic rings. The minimum atomic E-state index is -0.356. The molecule has 124 valence electrons. The molecule has 0 atom stereocenters. The molecule has 0 amide bonds. The van der Waals surface area contributed by atoms with E-state index in [0.29, 0.717) is 5.56 Å². The van der Waals surface area contributed by atoms with Crippen LogP contribution in [-0.4, -0.2) is 29.7 Å². The minimum absolute atomic E-state index is 0.356. The molecule has 25 heavy (non-hydrogen) atoms. The first-order valence-corrected chi connectivity index (χ1v) is 7.84. The fourth-order valence-corrected chi connectivity index (χ4v) is 3.10. The van der Waals surface area contributed by atoms with Crippen molar-refractivity contribution in [1.29, 1.82) is 0 Å². The van der Waals surface area contributed by atoms with Crippen LogP contribution >= 0.6 is 0 Å². The number of fused-ring (bicyclic) bond motifs is 2. The first kappa shape index (κ1) is 15.2. The lowest BCUT2D eigenvalue weighted by Crippen LogP contribution is -2.00. The van der Waals surface area contributed by atoms with E-state index in [1.807, 2.05) is 59.3 Å². The van der Waals surface area contributed by atoms with Crippen molar-refractivity contribution in [3.05, 3.63) is 66.5 Å². The maximum absolute atomic E-state index is 12.2. The van der Waals surface area contributed by atoms with Gasteiger partial charge in [0, 0.05) is 23.2 Å². The SMILES string of the molecule is COC(=O)c1cn(-c2ccnc3ccc(OC)cc23)c2ccccc12. The third-order valence-electron chi connectivity index (χ3n) is 4.30. The second-order valence-electron chi connectivity index (χ2n) is 5.63. The molecule has 4 aromatic rings. The van der Waals surface area contributed by atoms with Crippen LogP contribution in [0.15, 0.2) is 60.9 Å². The average molecular weight is 332 g/mol. The maximum atomic E-state index is 12.2. The first-order valence-electron chi connectivity index (χ1n) is 7.84. The average Bonchev–Trinajstić information content (AvgIpc) is 3.06. The molecule has 0 saturated heterocycles. The van der Waals surface area contributed by atoms with Gasteiger partial charge in [0.05, 0.1) is 36.5 Å². The molecular weight excluding hydrogens is 316 g/mol. The zero-order valence-electron chi connectivity index (χ0n) is 13.9. The van der Waals surface area contributed by atoms with Crippen molar-refractivity contribution >= 4 is 27.8 Å². The van der Waals surface area contributed by atoms with E-state index in [1.165, 1.54) is 7.11 Å². The highest BCUT2D eigenvalue weighted by Gasteiger charge is 2.17. The van der Waals surface area contributed by atoms with Crippen molar-refractivity contribution < 1.29 is 14.3 Å². The standard InChI is InChI=1S/C20H16N2O3/c1-24-13-7-8-17-15(11-13)19(9-10-21-17)22-12-16(20(23)25-2)14-5-3-4-6-18(14)22/h3-12H,1-2H3. The number of pyridine rings is 1. The van der Waals surface area contributed by atoms with Crippen LogP contribution in [-0.2, 0) is 4.74 Å². The Morgan fingerprint density at radius 3 is 2.68 bits per heavy atom. The van der Waals surface area contributed by atoms with Crippen LogP contribution in [0.4, 0.5) is 0 Å². The highest BCUT2D eigenvalue weighted by molar-refractivity contribution is 6.05. The predicted octanol–water partition coefficient (Wildman–Crippen LogP) is 3.97. The molecule has 0 aliphatic carbocycles. The smallest absolute Gasteiger partial charge is 0.340 e. The Balaban J connectivity index is 2.05. The van der Waals surface area contributed by atoms with Gasteiger partial charge in [-0.2, -0.15) is 0 Å². The zero-order valence-corrected chi connectivity index (χ0v) is 13.9. The Labute approximate surface area is 144 Å². The lowest BCUT2D eigenvalue weighted by atomic mass is 10.1. The van der Waals surface area contributed by atoms with E-state index in [4.69, 9.17) is 9.47 Å². The summed E-state index contributed by atoms with van der Waals surface area (Å²) in [6, 6.07) is 15.4. The van der Waals surface area contributed by atoms with Gasteiger partial charge in [-0.05, 0) is 30.3 Å². The third-order valence-corrected chi connectivity index (χ3v) is 4.30. The van der Waals surface area contributed by atoms with Gasteiger partial charge < -0.3 is 14.0 Å². The van der Waals surface area contributed by atoms with E-state index >= 15 is 0 Å². The summed E-state index contributed by atoms with van der Waals surface area (Å²) in [5.74, 6) is 0.400. The second-order valence-corrected chi connectivity index (χ2v) is 5.63. The molecule has 0 aliphatic heterocycles. The summed E-state index contributed by atoms with van der Waals surface area (Å²) in [4.78, 5) is 16.6. The number of carbonyl (C=O) groups is 1. The maximum Gasteiger partial charge on any atom is 0.340 e. The van der Waals surface area contributed by atoms with E-state index in [0.717, 1.165) is 33.2 Å². The van der Waals surface area contributed by atoms with Crippen LogP contribution in [0.3, 0.4) is 0 Å². The van der Waals surface area contributed by atoms with Crippen LogP contribution in [0, 0.1) is 0 Å². The summed E-state index contributed by atoms with van der Waals surface area (Å²) in [5.41, 5.74) is 3.25. The minimum Gasteiger partial charge on any atom is -0.497 e. The molecule has 0 N–H and O–H groups in total. The van der Waals surface area contributed by atoms with Gasteiger partial charge in [0.1, 0.15) is 5.75 Å². The number of methoxy groups -OCH3 is 2. The van der Waals surface area contributed by atoms with Gasteiger partial charge in [-0.1, -0.05) is 18.2 Å². The van der Waals surface area contributed by atoms with E-state index in [1.54, 1.807) is 13.3 Å². The van der Waals surface area contributed by atoms with Gasteiger partial charge in [-0.15, -0.1) is 0 Å². The summed E-state index contributed by atoms with van der Waals surface area (Å²) in [7, 11) is 3.03. The number of aromatic nitrogens is 2. The van der Waals surface area contributed by atoms with Crippen molar-refractivity contribution in [3.63, 3.8) is 0 Å². The van der Waals surface area contributed by atoms with Crippen LogP contribution < -0.4 is 4.74 Å². The molecule has 0 bridgehead atoms. The largest absolute Gasteiger partial charge is 0.497 e. The molecule has 5 heteroatoms. The highest BCUT2D eigenvalue weighted by Crippen LogP contribution is 2.30. The number of para-hydroxylation sites is 1. The Hall–Kier alpha value is -3.34. The monoisotopic (exact) mass is 332 g/mol. The van der Waals surface area contributed by atoms with E-state index in [-0.39, 0.29) is 5.97 Å². The molecule has 2 aromatic heterocycles. The summed E-state index contributed by atoms with van der Waals surface area (Å²) in [5, 5.41) is 1.79. The van der Waals surface area contributed by atoms with Crippen molar-refractivity contribution in [2.45, 2.75) is 0 Å². The first-order chi connectivity index (χ1) is 12.2. The van der Waals surface area contributed by atoms with Crippen LogP contribution in [0.1, 0.15) is 10.4 Å². The summed E-state index contributed by atoms with van der Waals surface area (Å²) in [6.45, 7) is 0. The van der Waals surface area contributed by atoms with Gasteiger partial charge >= 0.3 is 5.97 Å². The normalized spacial score (nSPS) is 11.0. The van der Waals surface area contributed by atoms with E-state index < -0.39 is 0 Å². The molecule has 2 heterocycles. The molecule has 2 aromatic carbocycles. The Bertz CT molecular complexity index is 1100. The molecule has 0 unspecified atom stereocenters. The van der Waals surface area contributed by atoms with E-state index in [9.17, 15) is 4.79 Å². The molecule has 5 nitrogen and oxygen atoms in total. The quantitative estimate of drug-likeness (QED) is 0.533. The van der Waals surface area contributed by atoms with Crippen molar-refractivity contribution in [3.8, 4) is 11.4 Å². The van der Waals surface area contributed by atoms with Crippen molar-refractivity contribution in [1.82, 2.24) is 9.55 Å². The lowest BCUT2D eigenvalue weighted by Gasteiger charge is -2.10. The van der Waals surface area contributed by atoms with Crippen LogP contribution in [0.2, 0.25) is 0 Å². The lowest BCUT2D eigenvalue weighted by molar-refractivity contribution is 0.0603. The second kappa shape index (κ2) is 5.94. The molecule has 0 radical (unpaired) electrons. The van der Waals surface area contributed by atoms with Crippen molar-refractivity contribution in [2.24, 2.45) is 0 Å². The Kier molecular flexibility index (Phi) is 3.61. The van der Waals surface area contributed by atoms with Gasteiger partial charge in [0.25, 0.3) is 0 Å². The Morgan fingerprint density at radius 2 is 1.88 bits per heavy atom. The molecule has 0 saturated carbocycles.